The third-order valence-corrected chi connectivity index (χ3v) is 5.59. The maximum atomic E-state index is 12.5. The lowest BCUT2D eigenvalue weighted by molar-refractivity contribution is -0.139. The molecule has 1 aromatic carbocycles. The molecule has 6 heteroatoms. The molecule has 0 radical (unpaired) electrons. The standard InChI is InChI=1S/C18H22ClN3O2/c1-21(17(23)12-4-2-5-12)14-6-3-9-22(11-14)18-20-15-10-13(19)7-8-16(15)24-18/h7-8,10,12,14H,2-6,9,11H2,1H3. The van der Waals surface area contributed by atoms with Crippen molar-refractivity contribution in [3.63, 3.8) is 0 Å². The van der Waals surface area contributed by atoms with Gasteiger partial charge in [-0.15, -0.1) is 0 Å². The molecule has 4 rings (SSSR count). The molecule has 0 spiro atoms. The van der Waals surface area contributed by atoms with Gasteiger partial charge in [0.2, 0.25) is 5.91 Å². The van der Waals surface area contributed by atoms with Gasteiger partial charge in [0.05, 0.1) is 0 Å². The molecule has 2 aromatic rings. The van der Waals surface area contributed by atoms with E-state index in [1.54, 1.807) is 0 Å². The molecule has 1 aliphatic heterocycles. The zero-order valence-corrected chi connectivity index (χ0v) is 14.6. The highest BCUT2D eigenvalue weighted by Gasteiger charge is 2.33. The SMILES string of the molecule is CN(C(=O)C1CCC1)C1CCCN(c2nc3cc(Cl)ccc3o2)C1. The molecule has 1 aliphatic carbocycles. The summed E-state index contributed by atoms with van der Waals surface area (Å²) < 4.78 is 5.88. The minimum Gasteiger partial charge on any atom is -0.423 e. The number of aromatic nitrogens is 1. The van der Waals surface area contributed by atoms with Crippen LogP contribution < -0.4 is 4.90 Å². The van der Waals surface area contributed by atoms with Crippen molar-refractivity contribution in [2.45, 2.75) is 38.1 Å². The van der Waals surface area contributed by atoms with Gasteiger partial charge in [-0.1, -0.05) is 18.0 Å². The Morgan fingerprint density at radius 3 is 2.92 bits per heavy atom. The second-order valence-corrected chi connectivity index (χ2v) is 7.36. The van der Waals surface area contributed by atoms with Gasteiger partial charge in [-0.3, -0.25) is 4.79 Å². The maximum Gasteiger partial charge on any atom is 0.298 e. The fraction of sp³-hybridized carbons (Fsp3) is 0.556. The number of fused-ring (bicyclic) bond motifs is 1. The van der Waals surface area contributed by atoms with Crippen LogP contribution in [0.4, 0.5) is 6.01 Å². The van der Waals surface area contributed by atoms with Crippen LogP contribution in [0.15, 0.2) is 22.6 Å². The number of carbonyl (C=O) groups excluding carboxylic acids is 1. The quantitative estimate of drug-likeness (QED) is 0.849. The summed E-state index contributed by atoms with van der Waals surface area (Å²) in [5, 5.41) is 0.657. The van der Waals surface area contributed by atoms with Gasteiger partial charge in [-0.25, -0.2) is 0 Å². The van der Waals surface area contributed by atoms with Crippen LogP contribution in [0.5, 0.6) is 0 Å². The highest BCUT2D eigenvalue weighted by atomic mass is 35.5. The second kappa shape index (κ2) is 6.28. The molecule has 1 saturated carbocycles. The van der Waals surface area contributed by atoms with E-state index in [9.17, 15) is 4.79 Å². The van der Waals surface area contributed by atoms with Gasteiger partial charge in [0, 0.05) is 37.1 Å². The third kappa shape index (κ3) is 2.86. The average Bonchev–Trinajstić information content (AvgIpc) is 2.95. The number of hydrogen-bond acceptors (Lipinski definition) is 4. The lowest BCUT2D eigenvalue weighted by Gasteiger charge is -2.39. The fourth-order valence-electron chi connectivity index (χ4n) is 3.59. The number of hydrogen-bond donors (Lipinski definition) is 0. The van der Waals surface area contributed by atoms with Gasteiger partial charge < -0.3 is 14.2 Å². The summed E-state index contributed by atoms with van der Waals surface area (Å²) >= 11 is 6.02. The lowest BCUT2D eigenvalue weighted by atomic mass is 9.84. The molecular weight excluding hydrogens is 326 g/mol. The summed E-state index contributed by atoms with van der Waals surface area (Å²) in [6.45, 7) is 1.68. The molecule has 128 valence electrons. The largest absolute Gasteiger partial charge is 0.423 e. The van der Waals surface area contributed by atoms with Crippen LogP contribution in [-0.4, -0.2) is 42.0 Å². The van der Waals surface area contributed by atoms with E-state index >= 15 is 0 Å². The van der Waals surface area contributed by atoms with E-state index in [4.69, 9.17) is 16.0 Å². The number of amides is 1. The molecule has 1 aromatic heterocycles. The van der Waals surface area contributed by atoms with Crippen molar-refractivity contribution in [2.24, 2.45) is 5.92 Å². The van der Waals surface area contributed by atoms with Gasteiger partial charge in [0.1, 0.15) is 5.52 Å². The Bertz CT molecular complexity index is 756. The number of likely N-dealkylation sites (N-methyl/N-ethyl adjacent to an activating group) is 1. The molecule has 1 unspecified atom stereocenters. The monoisotopic (exact) mass is 347 g/mol. The fourth-order valence-corrected chi connectivity index (χ4v) is 3.76. The summed E-state index contributed by atoms with van der Waals surface area (Å²) in [5.74, 6) is 0.550. The van der Waals surface area contributed by atoms with Gasteiger partial charge in [0.25, 0.3) is 6.01 Å². The number of halogens is 1. The topological polar surface area (TPSA) is 49.6 Å². The molecule has 2 fully saturated rings. The van der Waals surface area contributed by atoms with E-state index in [-0.39, 0.29) is 12.0 Å². The van der Waals surface area contributed by atoms with Crippen molar-refractivity contribution in [1.82, 2.24) is 9.88 Å². The summed E-state index contributed by atoms with van der Waals surface area (Å²) in [6, 6.07) is 6.33. The average molecular weight is 348 g/mol. The highest BCUT2D eigenvalue weighted by Crippen LogP contribution is 2.31. The number of anilines is 1. The van der Waals surface area contributed by atoms with Crippen LogP contribution in [0.3, 0.4) is 0 Å². The molecule has 5 nitrogen and oxygen atoms in total. The first kappa shape index (κ1) is 15.8. The highest BCUT2D eigenvalue weighted by molar-refractivity contribution is 6.31. The Kier molecular flexibility index (Phi) is 4.12. The molecule has 0 bridgehead atoms. The predicted octanol–water partition coefficient (Wildman–Crippen LogP) is 3.71. The smallest absolute Gasteiger partial charge is 0.298 e. The van der Waals surface area contributed by atoms with Crippen molar-refractivity contribution in [3.05, 3.63) is 23.2 Å². The van der Waals surface area contributed by atoms with E-state index in [1.165, 1.54) is 6.42 Å². The zero-order valence-electron chi connectivity index (χ0n) is 13.9. The first-order valence-electron chi connectivity index (χ1n) is 8.69. The van der Waals surface area contributed by atoms with Crippen molar-refractivity contribution < 1.29 is 9.21 Å². The number of oxazole rings is 1. The third-order valence-electron chi connectivity index (χ3n) is 5.36. The number of nitrogens with zero attached hydrogens (tertiary/aromatic N) is 3. The van der Waals surface area contributed by atoms with E-state index in [0.717, 1.165) is 49.9 Å². The number of benzene rings is 1. The Hall–Kier alpha value is -1.75. The normalized spacial score (nSPS) is 21.8. The minimum absolute atomic E-state index is 0.227. The van der Waals surface area contributed by atoms with Crippen molar-refractivity contribution in [2.75, 3.05) is 25.0 Å². The van der Waals surface area contributed by atoms with Crippen LogP contribution in [0.1, 0.15) is 32.1 Å². The Labute approximate surface area is 146 Å². The molecular formula is C18H22ClN3O2. The Morgan fingerprint density at radius 1 is 1.33 bits per heavy atom. The van der Waals surface area contributed by atoms with Gasteiger partial charge in [-0.05, 0) is 43.9 Å². The second-order valence-electron chi connectivity index (χ2n) is 6.93. The van der Waals surface area contributed by atoms with Gasteiger partial charge in [0.15, 0.2) is 5.58 Å². The van der Waals surface area contributed by atoms with E-state index < -0.39 is 0 Å². The molecule has 24 heavy (non-hydrogen) atoms. The first-order chi connectivity index (χ1) is 11.6. The van der Waals surface area contributed by atoms with Crippen LogP contribution >= 0.6 is 11.6 Å². The molecule has 1 atom stereocenters. The number of rotatable bonds is 3. The van der Waals surface area contributed by atoms with Gasteiger partial charge >= 0.3 is 0 Å². The summed E-state index contributed by atoms with van der Waals surface area (Å²) in [6.07, 6.45) is 5.35. The molecule has 2 heterocycles. The van der Waals surface area contributed by atoms with Crippen molar-refractivity contribution in [1.29, 1.82) is 0 Å². The number of piperidine rings is 1. The Morgan fingerprint density at radius 2 is 2.17 bits per heavy atom. The van der Waals surface area contributed by atoms with Crippen LogP contribution in [0.2, 0.25) is 5.02 Å². The minimum atomic E-state index is 0.227. The van der Waals surface area contributed by atoms with E-state index in [1.807, 2.05) is 30.1 Å². The summed E-state index contributed by atoms with van der Waals surface area (Å²) in [4.78, 5) is 21.2. The molecule has 0 N–H and O–H groups in total. The summed E-state index contributed by atoms with van der Waals surface area (Å²) in [5.41, 5.74) is 1.52. The summed E-state index contributed by atoms with van der Waals surface area (Å²) in [7, 11) is 1.95. The number of carbonyl (C=O) groups is 1. The van der Waals surface area contributed by atoms with Crippen LogP contribution in [-0.2, 0) is 4.79 Å². The van der Waals surface area contributed by atoms with E-state index in [2.05, 4.69) is 9.88 Å². The van der Waals surface area contributed by atoms with Crippen molar-refractivity contribution in [3.8, 4) is 0 Å². The predicted molar refractivity (Wildman–Crippen MR) is 94.4 cm³/mol. The first-order valence-corrected chi connectivity index (χ1v) is 9.07. The lowest BCUT2D eigenvalue weighted by Crippen LogP contribution is -2.50. The molecule has 2 aliphatic rings. The van der Waals surface area contributed by atoms with Crippen LogP contribution in [0, 0.1) is 5.92 Å². The Balaban J connectivity index is 1.50. The molecule has 1 amide bonds. The maximum absolute atomic E-state index is 12.5. The van der Waals surface area contributed by atoms with Crippen molar-refractivity contribution >= 4 is 34.6 Å². The van der Waals surface area contributed by atoms with E-state index in [0.29, 0.717) is 16.9 Å². The van der Waals surface area contributed by atoms with Crippen LogP contribution in [0.25, 0.3) is 11.1 Å². The van der Waals surface area contributed by atoms with Gasteiger partial charge in [-0.2, -0.15) is 4.98 Å². The zero-order chi connectivity index (χ0) is 16.7. The molecule has 1 saturated heterocycles.